The molecule has 438 valence electrons. The molecule has 2 heteroatoms. The van der Waals surface area contributed by atoms with Crippen LogP contribution in [0.25, 0.3) is 130 Å². The molecule has 0 saturated carbocycles. The Hall–Kier alpha value is -11.8. The monoisotopic (exact) mass is 1190 g/mol. The van der Waals surface area contributed by atoms with Gasteiger partial charge in [0.05, 0.1) is 11.4 Å². The first kappa shape index (κ1) is 52.9. The fraction of sp³-hybridized carbons (Fsp3) is 0.0435. The van der Waals surface area contributed by atoms with Gasteiger partial charge in [-0.25, -0.2) is 0 Å². The summed E-state index contributed by atoms with van der Waals surface area (Å²) in [5.74, 6) is 0. The molecule has 0 radical (unpaired) electrons. The van der Waals surface area contributed by atoms with Crippen LogP contribution in [0.2, 0.25) is 0 Å². The molecule has 0 spiro atoms. The molecule has 0 aromatic heterocycles. The fourth-order valence-corrected chi connectivity index (χ4v) is 17.5. The van der Waals surface area contributed by atoms with E-state index >= 15 is 0 Å². The molecule has 94 heavy (non-hydrogen) atoms. The summed E-state index contributed by atoms with van der Waals surface area (Å²) < 4.78 is 0. The minimum Gasteiger partial charge on any atom is -0.310 e. The van der Waals surface area contributed by atoms with Gasteiger partial charge >= 0.3 is 0 Å². The average molecular weight is 1190 g/mol. The third-order valence-corrected chi connectivity index (χ3v) is 22.0. The topological polar surface area (TPSA) is 6.48 Å². The van der Waals surface area contributed by atoms with Crippen molar-refractivity contribution >= 4 is 142 Å². The van der Waals surface area contributed by atoms with Gasteiger partial charge < -0.3 is 9.80 Å². The Morgan fingerprint density at radius 2 is 0.436 bits per heavy atom. The van der Waals surface area contributed by atoms with Crippen LogP contribution in [0.5, 0.6) is 0 Å². The van der Waals surface area contributed by atoms with Gasteiger partial charge in [0.25, 0.3) is 0 Å². The SMILES string of the molecule is CC1(C2(C)c3ccccc3-c3c2cc(N(c2ccc4c(ccc5ccccc54)c2)c2ccc4c(ccc5ccccc54)c2)c2ccccc32)c2ccccc2-c2c1cc(N(c1ccc3c(ccc4ccccc43)c1)c1ccc3c(ccc4ccccc43)c1)c1ccccc21. The lowest BCUT2D eigenvalue weighted by Crippen LogP contribution is -2.44. The summed E-state index contributed by atoms with van der Waals surface area (Å²) in [5, 5.41) is 24.7. The van der Waals surface area contributed by atoms with Crippen molar-refractivity contribution in [1.82, 2.24) is 0 Å². The highest BCUT2D eigenvalue weighted by molar-refractivity contribution is 6.17. The molecule has 0 heterocycles. The van der Waals surface area contributed by atoms with E-state index in [1.165, 1.54) is 152 Å². The van der Waals surface area contributed by atoms with Crippen molar-refractivity contribution < 1.29 is 0 Å². The first-order chi connectivity index (χ1) is 46.4. The smallest absolute Gasteiger partial charge is 0.0543 e. The standard InChI is InChI=1S/C92H60N2/c1-91(83-33-17-15-31-81(83)89-79-29-13-11-27-77(79)87(55-85(89)91)93(65-43-47-73-61(51-65)39-35-57-19-3-7-23-69(57)73)66-44-48-74-62(52-66)40-36-58-20-4-8-24-70(58)74)92(2)84-34-18-16-32-82(84)90-80-30-14-12-28-78(80)88(56-86(90)92)94(67-45-49-75-63(53-67)41-37-59-21-5-9-25-71(59)75)68-46-50-76-64(54-68)42-38-60-22-6-10-26-72(60)76/h3-56H,1-2H3. The van der Waals surface area contributed by atoms with Crippen molar-refractivity contribution in [3.05, 3.63) is 350 Å². The van der Waals surface area contributed by atoms with Crippen LogP contribution in [0.15, 0.2) is 328 Å². The van der Waals surface area contributed by atoms with Crippen LogP contribution in [0.3, 0.4) is 0 Å². The second-order valence-corrected chi connectivity index (χ2v) is 26.5. The number of rotatable bonds is 7. The Bertz CT molecular complexity index is 5690. The lowest BCUT2D eigenvalue weighted by atomic mass is 9.56. The van der Waals surface area contributed by atoms with Gasteiger partial charge in [0.2, 0.25) is 0 Å². The Kier molecular flexibility index (Phi) is 11.2. The summed E-state index contributed by atoms with van der Waals surface area (Å²) in [6.07, 6.45) is 0. The Morgan fingerprint density at radius 3 is 0.755 bits per heavy atom. The van der Waals surface area contributed by atoms with E-state index in [1.54, 1.807) is 0 Å². The Balaban J connectivity index is 0.861. The van der Waals surface area contributed by atoms with E-state index in [0.717, 1.165) is 34.1 Å². The van der Waals surface area contributed by atoms with E-state index in [1.807, 2.05) is 0 Å². The van der Waals surface area contributed by atoms with Crippen molar-refractivity contribution in [3.8, 4) is 22.3 Å². The Morgan fingerprint density at radius 1 is 0.191 bits per heavy atom. The van der Waals surface area contributed by atoms with Crippen LogP contribution < -0.4 is 9.80 Å². The van der Waals surface area contributed by atoms with Crippen molar-refractivity contribution in [3.63, 3.8) is 0 Å². The van der Waals surface area contributed by atoms with E-state index in [0.29, 0.717) is 0 Å². The van der Waals surface area contributed by atoms with E-state index < -0.39 is 10.8 Å². The molecule has 0 aliphatic heterocycles. The number of nitrogens with zero attached hydrogens (tertiary/aromatic N) is 2. The summed E-state index contributed by atoms with van der Waals surface area (Å²) >= 11 is 0. The average Bonchev–Trinajstić information content (AvgIpc) is 1.49. The largest absolute Gasteiger partial charge is 0.310 e. The summed E-state index contributed by atoms with van der Waals surface area (Å²) in [6.45, 7) is 5.17. The third kappa shape index (κ3) is 7.36. The summed E-state index contributed by atoms with van der Waals surface area (Å²) in [7, 11) is 0. The van der Waals surface area contributed by atoms with Gasteiger partial charge in [0.1, 0.15) is 0 Å². The predicted molar refractivity (Wildman–Crippen MR) is 401 cm³/mol. The van der Waals surface area contributed by atoms with Gasteiger partial charge in [0.15, 0.2) is 0 Å². The highest BCUT2D eigenvalue weighted by Crippen LogP contribution is 2.68. The summed E-state index contributed by atoms with van der Waals surface area (Å²) in [6, 6.07) is 124. The first-order valence-electron chi connectivity index (χ1n) is 33.0. The molecule has 0 saturated heterocycles. The molecule has 2 nitrogen and oxygen atoms in total. The molecule has 0 amide bonds. The summed E-state index contributed by atoms with van der Waals surface area (Å²) in [5.41, 5.74) is 15.9. The van der Waals surface area contributed by atoms with Crippen molar-refractivity contribution in [2.45, 2.75) is 24.7 Å². The van der Waals surface area contributed by atoms with Gasteiger partial charge in [-0.15, -0.1) is 0 Å². The maximum atomic E-state index is 2.62. The summed E-state index contributed by atoms with van der Waals surface area (Å²) in [4.78, 5) is 5.13. The maximum Gasteiger partial charge on any atom is 0.0543 e. The van der Waals surface area contributed by atoms with Crippen LogP contribution >= 0.6 is 0 Å². The van der Waals surface area contributed by atoms with Crippen LogP contribution in [-0.2, 0) is 10.8 Å². The molecule has 2 atom stereocenters. The molecule has 2 unspecified atom stereocenters. The second-order valence-electron chi connectivity index (χ2n) is 26.5. The van der Waals surface area contributed by atoms with Gasteiger partial charge in [-0.05, 0) is 202 Å². The van der Waals surface area contributed by atoms with E-state index in [9.17, 15) is 0 Å². The second kappa shape index (κ2) is 19.8. The molecule has 20 rings (SSSR count). The van der Waals surface area contributed by atoms with Crippen molar-refractivity contribution in [1.29, 1.82) is 0 Å². The molecule has 2 aliphatic rings. The van der Waals surface area contributed by atoms with Crippen LogP contribution in [0.1, 0.15) is 36.1 Å². The molecule has 0 bridgehead atoms. The highest BCUT2D eigenvalue weighted by Gasteiger charge is 2.58. The van der Waals surface area contributed by atoms with Gasteiger partial charge in [-0.2, -0.15) is 0 Å². The number of anilines is 6. The molecule has 18 aromatic rings. The zero-order chi connectivity index (χ0) is 62.0. The highest BCUT2D eigenvalue weighted by atomic mass is 15.2. The molecule has 2 aliphatic carbocycles. The normalized spacial score (nSPS) is 15.6. The zero-order valence-corrected chi connectivity index (χ0v) is 52.1. The molecule has 18 aromatic carbocycles. The molecule has 0 N–H and O–H groups in total. The van der Waals surface area contributed by atoms with Crippen LogP contribution in [-0.4, -0.2) is 0 Å². The quantitative estimate of drug-likeness (QED) is 0.147. The van der Waals surface area contributed by atoms with Crippen molar-refractivity contribution in [2.24, 2.45) is 0 Å². The predicted octanol–water partition coefficient (Wildman–Crippen LogP) is 25.4. The van der Waals surface area contributed by atoms with Gasteiger partial charge in [-0.3, -0.25) is 0 Å². The van der Waals surface area contributed by atoms with Gasteiger partial charge in [-0.1, -0.05) is 281 Å². The Labute approximate surface area is 545 Å². The number of hydrogen-bond donors (Lipinski definition) is 0. The molecular formula is C92H60N2. The van der Waals surface area contributed by atoms with E-state index in [2.05, 4.69) is 351 Å². The number of hydrogen-bond acceptors (Lipinski definition) is 2. The number of fused-ring (bicyclic) bond motifs is 22. The first-order valence-corrected chi connectivity index (χ1v) is 33.0. The fourth-order valence-electron chi connectivity index (χ4n) is 17.5. The lowest BCUT2D eigenvalue weighted by Gasteiger charge is -2.46. The maximum absolute atomic E-state index is 2.62. The van der Waals surface area contributed by atoms with Crippen molar-refractivity contribution in [2.75, 3.05) is 9.80 Å². The van der Waals surface area contributed by atoms with Gasteiger partial charge in [0, 0.05) is 44.4 Å². The molecular weight excluding hydrogens is 1130 g/mol. The van der Waals surface area contributed by atoms with Crippen LogP contribution in [0, 0.1) is 0 Å². The van der Waals surface area contributed by atoms with E-state index in [-0.39, 0.29) is 0 Å². The zero-order valence-electron chi connectivity index (χ0n) is 52.1. The molecule has 0 fully saturated rings. The van der Waals surface area contributed by atoms with E-state index in [4.69, 9.17) is 0 Å². The minimum atomic E-state index is -0.645. The minimum absolute atomic E-state index is 0.645. The third-order valence-electron chi connectivity index (χ3n) is 22.0. The lowest BCUT2D eigenvalue weighted by molar-refractivity contribution is 0.376. The van der Waals surface area contributed by atoms with Crippen LogP contribution in [0.4, 0.5) is 34.1 Å². The number of benzene rings is 18.